The van der Waals surface area contributed by atoms with Gasteiger partial charge in [-0.2, -0.15) is 0 Å². The summed E-state index contributed by atoms with van der Waals surface area (Å²) in [6, 6.07) is 8.88. The number of amides is 1. The zero-order valence-electron chi connectivity index (χ0n) is 13.3. The molecule has 0 atom stereocenters. The highest BCUT2D eigenvalue weighted by Gasteiger charge is 2.31. The topological polar surface area (TPSA) is 38.3 Å². The molecular weight excluding hydrogens is 282 g/mol. The maximum Gasteiger partial charge on any atom is 0.407 e. The number of carbonyl (C=O) groups is 1. The van der Waals surface area contributed by atoms with E-state index in [0.717, 1.165) is 18.6 Å². The van der Waals surface area contributed by atoms with Crippen LogP contribution in [-0.4, -0.2) is 23.5 Å². The van der Waals surface area contributed by atoms with Crippen LogP contribution in [0.25, 0.3) is 0 Å². The van der Waals surface area contributed by atoms with Gasteiger partial charge in [-0.1, -0.05) is 17.7 Å². The van der Waals surface area contributed by atoms with E-state index in [0.29, 0.717) is 5.92 Å². The van der Waals surface area contributed by atoms with Gasteiger partial charge in [0, 0.05) is 16.7 Å². The molecule has 1 aromatic carbocycles. The second kappa shape index (κ2) is 6.73. The van der Waals surface area contributed by atoms with E-state index in [4.69, 9.17) is 4.74 Å². The minimum Gasteiger partial charge on any atom is -0.444 e. The first-order valence-electron chi connectivity index (χ1n) is 7.51. The summed E-state index contributed by atoms with van der Waals surface area (Å²) in [6.45, 7) is 7.77. The summed E-state index contributed by atoms with van der Waals surface area (Å²) in [5.74, 6) is 1.81. The summed E-state index contributed by atoms with van der Waals surface area (Å²) in [4.78, 5) is 13.0. The molecule has 0 bridgehead atoms. The largest absolute Gasteiger partial charge is 0.444 e. The molecule has 0 unspecified atom stereocenters. The zero-order valence-corrected chi connectivity index (χ0v) is 14.1. The van der Waals surface area contributed by atoms with Gasteiger partial charge in [0.15, 0.2) is 0 Å². The highest BCUT2D eigenvalue weighted by molar-refractivity contribution is 7.99. The van der Waals surface area contributed by atoms with Crippen molar-refractivity contribution >= 4 is 17.9 Å². The van der Waals surface area contributed by atoms with Crippen LogP contribution in [0.4, 0.5) is 4.79 Å². The molecule has 116 valence electrons. The third kappa shape index (κ3) is 5.62. The molecule has 1 aliphatic carbocycles. The first-order valence-corrected chi connectivity index (χ1v) is 8.49. The third-order valence-corrected chi connectivity index (χ3v) is 4.66. The van der Waals surface area contributed by atoms with Crippen LogP contribution in [0, 0.1) is 12.8 Å². The molecule has 0 saturated heterocycles. The Morgan fingerprint density at radius 3 is 2.71 bits per heavy atom. The van der Waals surface area contributed by atoms with E-state index in [-0.39, 0.29) is 12.1 Å². The monoisotopic (exact) mass is 307 g/mol. The number of alkyl carbamates (subject to hydrolysis) is 1. The smallest absolute Gasteiger partial charge is 0.407 e. The summed E-state index contributed by atoms with van der Waals surface area (Å²) in [5, 5.41) is 2.94. The van der Waals surface area contributed by atoms with Crippen molar-refractivity contribution in [3.05, 3.63) is 29.8 Å². The van der Waals surface area contributed by atoms with Crippen molar-refractivity contribution in [2.45, 2.75) is 57.1 Å². The lowest BCUT2D eigenvalue weighted by molar-refractivity contribution is 0.0459. The van der Waals surface area contributed by atoms with Crippen LogP contribution in [0.5, 0.6) is 0 Å². The highest BCUT2D eigenvalue weighted by atomic mass is 32.2. The summed E-state index contributed by atoms with van der Waals surface area (Å²) < 4.78 is 5.27. The molecule has 0 spiro atoms. The minimum atomic E-state index is -0.422. The second-order valence-electron chi connectivity index (χ2n) is 6.81. The van der Waals surface area contributed by atoms with Crippen LogP contribution in [-0.2, 0) is 4.74 Å². The number of hydrogen-bond donors (Lipinski definition) is 1. The first-order chi connectivity index (χ1) is 9.82. The van der Waals surface area contributed by atoms with Crippen molar-refractivity contribution in [2.75, 3.05) is 5.75 Å². The fraction of sp³-hybridized carbons (Fsp3) is 0.588. The van der Waals surface area contributed by atoms with Gasteiger partial charge in [-0.05, 0) is 58.6 Å². The van der Waals surface area contributed by atoms with Gasteiger partial charge in [0.2, 0.25) is 0 Å². The zero-order chi connectivity index (χ0) is 15.5. The molecule has 1 aromatic rings. The Morgan fingerprint density at radius 2 is 2.10 bits per heavy atom. The molecule has 1 saturated carbocycles. The molecule has 21 heavy (non-hydrogen) atoms. The van der Waals surface area contributed by atoms with Crippen LogP contribution in [0.15, 0.2) is 29.2 Å². The lowest BCUT2D eigenvalue weighted by Gasteiger charge is -2.36. The lowest BCUT2D eigenvalue weighted by Crippen LogP contribution is -2.46. The van der Waals surface area contributed by atoms with Gasteiger partial charge >= 0.3 is 6.09 Å². The molecule has 1 N–H and O–H groups in total. The molecule has 1 aliphatic rings. The Balaban J connectivity index is 1.64. The van der Waals surface area contributed by atoms with E-state index in [1.54, 1.807) is 0 Å². The Labute approximate surface area is 131 Å². The number of thioether (sulfide) groups is 1. The number of hydrogen-bond acceptors (Lipinski definition) is 3. The van der Waals surface area contributed by atoms with E-state index in [1.165, 1.54) is 10.5 Å². The standard InChI is InChI=1S/C17H25NO2S/c1-12-6-5-7-15(8-12)21-11-13-9-14(10-13)18-16(19)20-17(2,3)4/h5-8,13-14H,9-11H2,1-4H3,(H,18,19)/t13-,14-. The first kappa shape index (κ1) is 16.2. The van der Waals surface area contributed by atoms with E-state index in [1.807, 2.05) is 32.5 Å². The van der Waals surface area contributed by atoms with Crippen LogP contribution < -0.4 is 5.32 Å². The van der Waals surface area contributed by atoms with Gasteiger partial charge < -0.3 is 10.1 Å². The van der Waals surface area contributed by atoms with Crippen molar-refractivity contribution in [3.8, 4) is 0 Å². The predicted molar refractivity (Wildman–Crippen MR) is 87.8 cm³/mol. The van der Waals surface area contributed by atoms with Gasteiger partial charge in [-0.25, -0.2) is 4.79 Å². The molecule has 1 fully saturated rings. The third-order valence-electron chi connectivity index (χ3n) is 3.43. The summed E-state index contributed by atoms with van der Waals surface area (Å²) in [5.41, 5.74) is 0.881. The summed E-state index contributed by atoms with van der Waals surface area (Å²) >= 11 is 1.91. The van der Waals surface area contributed by atoms with E-state index in [2.05, 4.69) is 36.5 Å². The fourth-order valence-corrected chi connectivity index (χ4v) is 3.53. The van der Waals surface area contributed by atoms with Gasteiger partial charge in [0.05, 0.1) is 0 Å². The molecular formula is C17H25NO2S. The number of aryl methyl sites for hydroxylation is 1. The van der Waals surface area contributed by atoms with Crippen molar-refractivity contribution in [2.24, 2.45) is 5.92 Å². The Kier molecular flexibility index (Phi) is 5.20. The fourth-order valence-electron chi connectivity index (χ4n) is 2.38. The van der Waals surface area contributed by atoms with Gasteiger partial charge in [-0.15, -0.1) is 11.8 Å². The van der Waals surface area contributed by atoms with Crippen LogP contribution in [0.2, 0.25) is 0 Å². The number of rotatable bonds is 4. The molecule has 1 amide bonds. The number of carbonyl (C=O) groups excluding carboxylic acids is 1. The molecule has 0 aromatic heterocycles. The molecule has 0 radical (unpaired) electrons. The Hall–Kier alpha value is -1.16. The van der Waals surface area contributed by atoms with Crippen molar-refractivity contribution < 1.29 is 9.53 Å². The van der Waals surface area contributed by atoms with E-state index >= 15 is 0 Å². The molecule has 0 heterocycles. The van der Waals surface area contributed by atoms with Gasteiger partial charge in [0.1, 0.15) is 5.60 Å². The predicted octanol–water partition coefficient (Wildman–Crippen LogP) is 4.39. The van der Waals surface area contributed by atoms with Crippen molar-refractivity contribution in [1.29, 1.82) is 0 Å². The van der Waals surface area contributed by atoms with Crippen LogP contribution >= 0.6 is 11.8 Å². The van der Waals surface area contributed by atoms with Crippen molar-refractivity contribution in [1.82, 2.24) is 5.32 Å². The maximum atomic E-state index is 11.6. The molecule has 3 nitrogen and oxygen atoms in total. The quantitative estimate of drug-likeness (QED) is 0.838. The summed E-state index contributed by atoms with van der Waals surface area (Å²) in [7, 11) is 0. The van der Waals surface area contributed by atoms with Crippen LogP contribution in [0.1, 0.15) is 39.2 Å². The summed E-state index contributed by atoms with van der Waals surface area (Å²) in [6.07, 6.45) is 1.81. The average Bonchev–Trinajstić information content (AvgIpc) is 2.29. The lowest BCUT2D eigenvalue weighted by atomic mass is 9.82. The minimum absolute atomic E-state index is 0.281. The number of ether oxygens (including phenoxy) is 1. The normalized spacial score (nSPS) is 21.5. The molecule has 4 heteroatoms. The molecule has 0 aliphatic heterocycles. The van der Waals surface area contributed by atoms with Gasteiger partial charge in [-0.3, -0.25) is 0 Å². The van der Waals surface area contributed by atoms with E-state index in [9.17, 15) is 4.79 Å². The number of benzene rings is 1. The van der Waals surface area contributed by atoms with Crippen LogP contribution in [0.3, 0.4) is 0 Å². The highest BCUT2D eigenvalue weighted by Crippen LogP contribution is 2.33. The van der Waals surface area contributed by atoms with E-state index < -0.39 is 5.60 Å². The Morgan fingerprint density at radius 1 is 1.38 bits per heavy atom. The van der Waals surface area contributed by atoms with Gasteiger partial charge in [0.25, 0.3) is 0 Å². The SMILES string of the molecule is Cc1cccc(SC[C@H]2C[C@H](NC(=O)OC(C)(C)C)C2)c1. The average molecular weight is 307 g/mol. The number of nitrogens with one attached hydrogen (secondary N) is 1. The molecule has 2 rings (SSSR count). The maximum absolute atomic E-state index is 11.6. The van der Waals surface area contributed by atoms with Crippen molar-refractivity contribution in [3.63, 3.8) is 0 Å². The second-order valence-corrected chi connectivity index (χ2v) is 7.90. The Bertz CT molecular complexity index is 490.